The van der Waals surface area contributed by atoms with E-state index in [2.05, 4.69) is 33.8 Å². The Bertz CT molecular complexity index is 423. The summed E-state index contributed by atoms with van der Waals surface area (Å²) in [5.74, 6) is 3.33. The van der Waals surface area contributed by atoms with Crippen molar-refractivity contribution in [2.75, 3.05) is 0 Å². The van der Waals surface area contributed by atoms with Gasteiger partial charge in [-0.25, -0.2) is 0 Å². The summed E-state index contributed by atoms with van der Waals surface area (Å²) in [7, 11) is 0. The Morgan fingerprint density at radius 1 is 1.20 bits per heavy atom. The number of cyclic esters (lactones) is 1. The average Bonchev–Trinajstić information content (AvgIpc) is 3.01. The third-order valence-corrected chi connectivity index (χ3v) is 6.13. The number of carbonyl (C=O) groups is 1. The van der Waals surface area contributed by atoms with Crippen LogP contribution in [0.2, 0.25) is 0 Å². The van der Waals surface area contributed by atoms with Crippen LogP contribution in [0.1, 0.15) is 53.4 Å². The molecule has 0 amide bonds. The maximum absolute atomic E-state index is 12.2. The van der Waals surface area contributed by atoms with Gasteiger partial charge in [0.25, 0.3) is 0 Å². The van der Waals surface area contributed by atoms with Gasteiger partial charge in [-0.15, -0.1) is 0 Å². The lowest BCUT2D eigenvalue weighted by atomic mass is 9.74. The molecule has 1 saturated heterocycles. The Hall–Kier alpha value is -0.790. The van der Waals surface area contributed by atoms with Crippen LogP contribution in [-0.4, -0.2) is 12.1 Å². The number of esters is 1. The number of hydrogen-bond acceptors (Lipinski definition) is 2. The van der Waals surface area contributed by atoms with E-state index in [1.54, 1.807) is 0 Å². The monoisotopic (exact) mass is 276 g/mol. The molecule has 0 aromatic carbocycles. The number of fused-ring (bicyclic) bond motifs is 1. The first-order chi connectivity index (χ1) is 9.49. The second-order valence-corrected chi connectivity index (χ2v) is 7.63. The molecule has 1 heterocycles. The van der Waals surface area contributed by atoms with Crippen LogP contribution in [0.3, 0.4) is 0 Å². The number of ether oxygens (including phenoxy) is 1. The summed E-state index contributed by atoms with van der Waals surface area (Å²) in [5.41, 5.74) is 1.42. The molecular formula is C18H28O2. The topological polar surface area (TPSA) is 26.3 Å². The molecule has 2 heteroatoms. The molecule has 0 aromatic rings. The second-order valence-electron chi connectivity index (χ2n) is 7.63. The van der Waals surface area contributed by atoms with E-state index in [0.717, 1.165) is 6.42 Å². The van der Waals surface area contributed by atoms with Crippen molar-refractivity contribution >= 4 is 5.97 Å². The number of rotatable bonds is 2. The fourth-order valence-corrected chi connectivity index (χ4v) is 4.72. The SMILES string of the molecule is CC(C)[C@H]1C=C([C@@H]2OC(=O)[C@@H](C)[C@@H]3CC[C@@H](C)[C@@H]32)CC1. The number of carbonyl (C=O) groups excluding carboxylic acids is 1. The molecular weight excluding hydrogens is 248 g/mol. The Labute approximate surface area is 123 Å². The van der Waals surface area contributed by atoms with Gasteiger partial charge in [0.1, 0.15) is 6.10 Å². The molecule has 0 radical (unpaired) electrons. The van der Waals surface area contributed by atoms with Gasteiger partial charge in [-0.2, -0.15) is 0 Å². The summed E-state index contributed by atoms with van der Waals surface area (Å²) in [4.78, 5) is 12.2. The van der Waals surface area contributed by atoms with Crippen LogP contribution in [0, 0.1) is 35.5 Å². The van der Waals surface area contributed by atoms with Crippen molar-refractivity contribution in [3.05, 3.63) is 11.6 Å². The van der Waals surface area contributed by atoms with Crippen molar-refractivity contribution in [1.29, 1.82) is 0 Å². The zero-order valence-electron chi connectivity index (χ0n) is 13.3. The molecule has 2 nitrogen and oxygen atoms in total. The third kappa shape index (κ3) is 2.21. The molecule has 2 fully saturated rings. The minimum absolute atomic E-state index is 0.0410. The van der Waals surface area contributed by atoms with Crippen molar-refractivity contribution in [1.82, 2.24) is 0 Å². The van der Waals surface area contributed by atoms with E-state index in [-0.39, 0.29) is 18.0 Å². The van der Waals surface area contributed by atoms with Crippen molar-refractivity contribution in [2.24, 2.45) is 35.5 Å². The highest BCUT2D eigenvalue weighted by Gasteiger charge is 2.50. The fourth-order valence-electron chi connectivity index (χ4n) is 4.72. The Morgan fingerprint density at radius 3 is 2.60 bits per heavy atom. The fraction of sp³-hybridized carbons (Fsp3) is 0.833. The zero-order valence-corrected chi connectivity index (χ0v) is 13.3. The van der Waals surface area contributed by atoms with Crippen molar-refractivity contribution < 1.29 is 9.53 Å². The summed E-state index contributed by atoms with van der Waals surface area (Å²) in [6.45, 7) is 8.99. The van der Waals surface area contributed by atoms with E-state index in [4.69, 9.17) is 4.74 Å². The molecule has 0 N–H and O–H groups in total. The Kier molecular flexibility index (Phi) is 3.68. The molecule has 3 aliphatic rings. The summed E-state index contributed by atoms with van der Waals surface area (Å²) < 4.78 is 5.89. The first-order valence-electron chi connectivity index (χ1n) is 8.40. The van der Waals surface area contributed by atoms with Crippen LogP contribution in [0.5, 0.6) is 0 Å². The molecule has 1 aliphatic heterocycles. The van der Waals surface area contributed by atoms with Gasteiger partial charge in [0.2, 0.25) is 0 Å². The molecule has 20 heavy (non-hydrogen) atoms. The van der Waals surface area contributed by atoms with Crippen LogP contribution < -0.4 is 0 Å². The zero-order chi connectivity index (χ0) is 14.4. The molecule has 1 saturated carbocycles. The summed E-state index contributed by atoms with van der Waals surface area (Å²) in [6, 6.07) is 0. The number of hydrogen-bond donors (Lipinski definition) is 0. The van der Waals surface area contributed by atoms with Crippen LogP contribution >= 0.6 is 0 Å². The van der Waals surface area contributed by atoms with Gasteiger partial charge < -0.3 is 4.74 Å². The molecule has 3 rings (SSSR count). The first kappa shape index (κ1) is 14.2. The molecule has 112 valence electrons. The highest BCUT2D eigenvalue weighted by atomic mass is 16.5. The first-order valence-corrected chi connectivity index (χ1v) is 8.40. The van der Waals surface area contributed by atoms with Gasteiger partial charge in [0, 0.05) is 5.92 Å². The van der Waals surface area contributed by atoms with E-state index in [1.165, 1.54) is 24.8 Å². The summed E-state index contributed by atoms with van der Waals surface area (Å²) >= 11 is 0. The van der Waals surface area contributed by atoms with E-state index in [1.807, 2.05) is 0 Å². The van der Waals surface area contributed by atoms with Crippen LogP contribution in [0.4, 0.5) is 0 Å². The lowest BCUT2D eigenvalue weighted by Crippen LogP contribution is -2.44. The summed E-state index contributed by atoms with van der Waals surface area (Å²) in [6.07, 6.45) is 7.35. The van der Waals surface area contributed by atoms with Crippen molar-refractivity contribution in [3.63, 3.8) is 0 Å². The summed E-state index contributed by atoms with van der Waals surface area (Å²) in [5, 5.41) is 0. The predicted octanol–water partition coefficient (Wildman–Crippen LogP) is 4.20. The van der Waals surface area contributed by atoms with Gasteiger partial charge in [0.15, 0.2) is 0 Å². The van der Waals surface area contributed by atoms with Crippen molar-refractivity contribution in [3.8, 4) is 0 Å². The lowest BCUT2D eigenvalue weighted by Gasteiger charge is -2.39. The standard InChI is InChI=1S/C18H28O2/c1-10(2)13-6-7-14(9-13)17-16-11(3)5-8-15(16)12(4)18(19)20-17/h9-13,15-17H,5-8H2,1-4H3/t11-,12+,13-,15+,16+,17+/m1/s1. The van der Waals surface area contributed by atoms with E-state index >= 15 is 0 Å². The van der Waals surface area contributed by atoms with Crippen LogP contribution in [0.25, 0.3) is 0 Å². The third-order valence-electron chi connectivity index (χ3n) is 6.13. The second kappa shape index (κ2) is 5.20. The van der Waals surface area contributed by atoms with E-state index in [0.29, 0.717) is 29.6 Å². The maximum atomic E-state index is 12.2. The molecule has 0 bridgehead atoms. The quantitative estimate of drug-likeness (QED) is 0.558. The lowest BCUT2D eigenvalue weighted by molar-refractivity contribution is -0.167. The molecule has 0 unspecified atom stereocenters. The van der Waals surface area contributed by atoms with Crippen LogP contribution in [0.15, 0.2) is 11.6 Å². The maximum Gasteiger partial charge on any atom is 0.309 e. The van der Waals surface area contributed by atoms with E-state index in [9.17, 15) is 4.79 Å². The van der Waals surface area contributed by atoms with Gasteiger partial charge in [-0.3, -0.25) is 4.79 Å². The largest absolute Gasteiger partial charge is 0.457 e. The van der Waals surface area contributed by atoms with Crippen molar-refractivity contribution in [2.45, 2.75) is 59.5 Å². The predicted molar refractivity (Wildman–Crippen MR) is 80.1 cm³/mol. The molecule has 6 atom stereocenters. The normalized spacial score (nSPS) is 44.5. The highest BCUT2D eigenvalue weighted by Crippen LogP contribution is 2.50. The van der Waals surface area contributed by atoms with Gasteiger partial charge in [-0.1, -0.05) is 33.8 Å². The van der Waals surface area contributed by atoms with Gasteiger partial charge >= 0.3 is 5.97 Å². The minimum atomic E-state index is 0.0410. The Balaban J connectivity index is 1.85. The Morgan fingerprint density at radius 2 is 1.95 bits per heavy atom. The smallest absolute Gasteiger partial charge is 0.309 e. The highest BCUT2D eigenvalue weighted by molar-refractivity contribution is 5.74. The van der Waals surface area contributed by atoms with Crippen LogP contribution in [-0.2, 0) is 9.53 Å². The molecule has 0 spiro atoms. The average molecular weight is 276 g/mol. The molecule has 2 aliphatic carbocycles. The van der Waals surface area contributed by atoms with Gasteiger partial charge in [0.05, 0.1) is 5.92 Å². The molecule has 0 aromatic heterocycles. The van der Waals surface area contributed by atoms with Gasteiger partial charge in [-0.05, 0) is 54.9 Å². The minimum Gasteiger partial charge on any atom is -0.457 e. The van der Waals surface area contributed by atoms with E-state index < -0.39 is 0 Å². The number of allylic oxidation sites excluding steroid dienone is 1.